The summed E-state index contributed by atoms with van der Waals surface area (Å²) in [6, 6.07) is 11.9. The van der Waals surface area contributed by atoms with Crippen LogP contribution in [0.15, 0.2) is 36.4 Å². The largest absolute Gasteiger partial charge is 0.507 e. The summed E-state index contributed by atoms with van der Waals surface area (Å²) in [6.07, 6.45) is 6.72. The number of aromatic nitrogens is 3. The Morgan fingerprint density at radius 2 is 1.78 bits per heavy atom. The first-order valence-electron chi connectivity index (χ1n) is 13.4. The van der Waals surface area contributed by atoms with Gasteiger partial charge in [0.1, 0.15) is 11.5 Å². The van der Waals surface area contributed by atoms with E-state index >= 15 is 0 Å². The highest BCUT2D eigenvalue weighted by atomic mass is 16.5. The first-order valence-corrected chi connectivity index (χ1v) is 13.4. The number of hydrogen-bond donors (Lipinski definition) is 2. The van der Waals surface area contributed by atoms with E-state index in [0.29, 0.717) is 17.1 Å². The number of likely N-dealkylation sites (tertiary alicyclic amines) is 1. The number of methoxy groups -OCH3 is 1. The lowest BCUT2D eigenvalue weighted by molar-refractivity contribution is 0.0925. The maximum Gasteiger partial charge on any atom is 0.289 e. The van der Waals surface area contributed by atoms with Crippen molar-refractivity contribution in [3.63, 3.8) is 0 Å². The van der Waals surface area contributed by atoms with E-state index in [-0.39, 0.29) is 29.4 Å². The van der Waals surface area contributed by atoms with Gasteiger partial charge in [-0.15, -0.1) is 10.2 Å². The van der Waals surface area contributed by atoms with Crippen LogP contribution in [0.2, 0.25) is 0 Å². The van der Waals surface area contributed by atoms with Gasteiger partial charge in [-0.2, -0.15) is 0 Å². The molecule has 0 spiro atoms. The molecular weight excluding hydrogens is 466 g/mol. The normalized spacial score (nSPS) is 16.5. The fraction of sp³-hybridized carbons (Fsp3) is 0.483. The fourth-order valence-electron chi connectivity index (χ4n) is 5.51. The first kappa shape index (κ1) is 25.3. The van der Waals surface area contributed by atoms with Crippen molar-refractivity contribution in [1.82, 2.24) is 25.0 Å². The number of rotatable bonds is 8. The Morgan fingerprint density at radius 3 is 2.43 bits per heavy atom. The summed E-state index contributed by atoms with van der Waals surface area (Å²) >= 11 is 0. The zero-order valence-electron chi connectivity index (χ0n) is 22.0. The van der Waals surface area contributed by atoms with Crippen molar-refractivity contribution in [3.05, 3.63) is 53.3 Å². The summed E-state index contributed by atoms with van der Waals surface area (Å²) in [4.78, 5) is 15.8. The maximum absolute atomic E-state index is 13.4. The molecule has 2 aromatic carbocycles. The third kappa shape index (κ3) is 5.34. The van der Waals surface area contributed by atoms with Crippen LogP contribution in [0, 0.1) is 0 Å². The van der Waals surface area contributed by atoms with E-state index in [9.17, 15) is 9.90 Å². The van der Waals surface area contributed by atoms with Crippen molar-refractivity contribution < 1.29 is 14.6 Å². The van der Waals surface area contributed by atoms with E-state index in [1.165, 1.54) is 18.4 Å². The molecule has 2 fully saturated rings. The molecule has 0 bridgehead atoms. The summed E-state index contributed by atoms with van der Waals surface area (Å²) in [6.45, 7) is 7.34. The van der Waals surface area contributed by atoms with Gasteiger partial charge in [-0.25, -0.2) is 0 Å². The van der Waals surface area contributed by atoms with Gasteiger partial charge in [0, 0.05) is 24.3 Å². The highest BCUT2D eigenvalue weighted by Crippen LogP contribution is 2.38. The summed E-state index contributed by atoms with van der Waals surface area (Å²) < 4.78 is 7.27. The second-order valence-corrected chi connectivity index (χ2v) is 10.6. The zero-order chi connectivity index (χ0) is 25.9. The van der Waals surface area contributed by atoms with Crippen LogP contribution in [0.4, 0.5) is 0 Å². The molecular formula is C29H37N5O3. The second kappa shape index (κ2) is 10.9. The number of nitrogens with zero attached hydrogens (tertiary/aromatic N) is 4. The molecule has 0 radical (unpaired) electrons. The fourth-order valence-corrected chi connectivity index (χ4v) is 5.51. The van der Waals surface area contributed by atoms with Gasteiger partial charge >= 0.3 is 0 Å². The van der Waals surface area contributed by atoms with Gasteiger partial charge in [0.15, 0.2) is 5.82 Å². The van der Waals surface area contributed by atoms with Crippen LogP contribution in [-0.4, -0.2) is 56.9 Å². The lowest BCUT2D eigenvalue weighted by atomic mass is 9.98. The molecule has 1 saturated heterocycles. The molecule has 2 heterocycles. The molecule has 1 aliphatic carbocycles. The third-order valence-electron chi connectivity index (χ3n) is 7.57. The molecule has 8 heteroatoms. The van der Waals surface area contributed by atoms with Crippen molar-refractivity contribution in [1.29, 1.82) is 0 Å². The van der Waals surface area contributed by atoms with Gasteiger partial charge in [0.25, 0.3) is 5.91 Å². The molecule has 1 aliphatic heterocycles. The second-order valence-electron chi connectivity index (χ2n) is 10.6. The molecule has 1 aromatic heterocycles. The number of benzene rings is 2. The van der Waals surface area contributed by atoms with Crippen LogP contribution in [0.1, 0.15) is 80.0 Å². The molecule has 8 nitrogen and oxygen atoms in total. The van der Waals surface area contributed by atoms with Crippen LogP contribution in [0.5, 0.6) is 11.5 Å². The van der Waals surface area contributed by atoms with E-state index in [1.807, 2.05) is 18.2 Å². The number of ether oxygens (including phenoxy) is 1. The monoisotopic (exact) mass is 503 g/mol. The molecule has 5 rings (SSSR count). The molecule has 3 aromatic rings. The van der Waals surface area contributed by atoms with Crippen LogP contribution < -0.4 is 10.1 Å². The number of carbonyl (C=O) groups is 1. The van der Waals surface area contributed by atoms with Crippen LogP contribution in [-0.2, 0) is 6.54 Å². The summed E-state index contributed by atoms with van der Waals surface area (Å²) in [7, 11) is 1.60. The smallest absolute Gasteiger partial charge is 0.289 e. The predicted molar refractivity (Wildman–Crippen MR) is 143 cm³/mol. The zero-order valence-corrected chi connectivity index (χ0v) is 22.0. The Morgan fingerprint density at radius 1 is 1.08 bits per heavy atom. The van der Waals surface area contributed by atoms with Crippen molar-refractivity contribution in [2.45, 2.75) is 70.9 Å². The van der Waals surface area contributed by atoms with Gasteiger partial charge in [-0.3, -0.25) is 14.3 Å². The number of aromatic hydroxyl groups is 1. The lowest BCUT2D eigenvalue weighted by Gasteiger charge is -2.18. The van der Waals surface area contributed by atoms with Crippen LogP contribution in [0.3, 0.4) is 0 Å². The van der Waals surface area contributed by atoms with Gasteiger partial charge in [0.2, 0.25) is 5.82 Å². The van der Waals surface area contributed by atoms with Crippen molar-refractivity contribution >= 4 is 5.91 Å². The van der Waals surface area contributed by atoms with E-state index in [2.05, 4.69) is 46.4 Å². The Balaban J connectivity index is 1.56. The molecule has 196 valence electrons. The topological polar surface area (TPSA) is 92.5 Å². The summed E-state index contributed by atoms with van der Waals surface area (Å²) in [5, 5.41) is 22.9. The van der Waals surface area contributed by atoms with Gasteiger partial charge < -0.3 is 15.2 Å². The predicted octanol–water partition coefficient (Wildman–Crippen LogP) is 5.04. The van der Waals surface area contributed by atoms with Gasteiger partial charge in [-0.05, 0) is 74.0 Å². The Bertz CT molecular complexity index is 1240. The van der Waals surface area contributed by atoms with Gasteiger partial charge in [0.05, 0.1) is 12.7 Å². The quantitative estimate of drug-likeness (QED) is 0.447. The SMILES string of the molecule is COc1cc(O)c(-c2nnc(C(=O)NC3CCCC3)n2-c2ccc(CN3CCCC3)cc2)cc1C(C)C. The molecule has 2 aliphatic rings. The number of amides is 1. The average Bonchev–Trinajstić information content (AvgIpc) is 3.67. The summed E-state index contributed by atoms with van der Waals surface area (Å²) in [5.74, 6) is 1.21. The number of nitrogens with one attached hydrogen (secondary N) is 1. The highest BCUT2D eigenvalue weighted by Gasteiger charge is 2.27. The molecule has 2 N–H and O–H groups in total. The third-order valence-corrected chi connectivity index (χ3v) is 7.57. The van der Waals surface area contributed by atoms with Crippen molar-refractivity contribution in [2.75, 3.05) is 20.2 Å². The molecule has 1 amide bonds. The number of hydrogen-bond acceptors (Lipinski definition) is 6. The standard InChI is InChI=1S/C29H37N5O3/c1-19(2)23-16-24(25(35)17-26(23)37-3)27-31-32-28(29(36)30-21-8-4-5-9-21)34(27)22-12-10-20(11-13-22)18-33-14-6-7-15-33/h10-13,16-17,19,21,35H,4-9,14-15,18H2,1-3H3,(H,30,36). The molecule has 0 unspecified atom stereocenters. The van der Waals surface area contributed by atoms with Crippen LogP contribution >= 0.6 is 0 Å². The lowest BCUT2D eigenvalue weighted by Crippen LogP contribution is -2.34. The maximum atomic E-state index is 13.4. The van der Waals surface area contributed by atoms with E-state index in [1.54, 1.807) is 17.7 Å². The molecule has 37 heavy (non-hydrogen) atoms. The minimum atomic E-state index is -0.246. The Kier molecular flexibility index (Phi) is 7.46. The summed E-state index contributed by atoms with van der Waals surface area (Å²) in [5.41, 5.74) is 3.47. The van der Waals surface area contributed by atoms with Crippen molar-refractivity contribution in [2.24, 2.45) is 0 Å². The Labute approximate surface area is 218 Å². The molecule has 0 atom stereocenters. The van der Waals surface area contributed by atoms with E-state index in [4.69, 9.17) is 4.74 Å². The minimum absolute atomic E-state index is 0.0308. The van der Waals surface area contributed by atoms with Gasteiger partial charge in [-0.1, -0.05) is 38.8 Å². The average molecular weight is 504 g/mol. The van der Waals surface area contributed by atoms with Crippen molar-refractivity contribution in [3.8, 4) is 28.6 Å². The van der Waals surface area contributed by atoms with E-state index < -0.39 is 0 Å². The number of carbonyl (C=O) groups excluding carboxylic acids is 1. The highest BCUT2D eigenvalue weighted by molar-refractivity contribution is 5.92. The Hall–Kier alpha value is -3.39. The van der Waals surface area contributed by atoms with E-state index in [0.717, 1.165) is 56.6 Å². The molecule has 1 saturated carbocycles. The number of phenols is 1. The van der Waals surface area contributed by atoms with Crippen LogP contribution in [0.25, 0.3) is 17.1 Å². The minimum Gasteiger partial charge on any atom is -0.507 e. The first-order chi connectivity index (χ1) is 17.9. The number of phenolic OH excluding ortho intramolecular Hbond substituents is 1.